The zero-order valence-corrected chi connectivity index (χ0v) is 8.94. The molecule has 1 unspecified atom stereocenters. The molecule has 1 rings (SSSR count). The molecule has 1 heteroatoms. The number of rotatable bonds is 6. The average Bonchev–Trinajstić information content (AvgIpc) is 2.52. The second kappa shape index (κ2) is 6.06. The second-order valence-electron chi connectivity index (χ2n) is 4.14. The molecule has 1 heterocycles. The van der Waals surface area contributed by atoms with Crippen LogP contribution in [0.25, 0.3) is 0 Å². The molecule has 0 aromatic heterocycles. The van der Waals surface area contributed by atoms with Crippen molar-refractivity contribution < 1.29 is 0 Å². The third-order valence-electron chi connectivity index (χ3n) is 2.99. The van der Waals surface area contributed by atoms with Gasteiger partial charge in [0, 0.05) is 12.2 Å². The van der Waals surface area contributed by atoms with E-state index < -0.39 is 0 Å². The first-order valence-corrected chi connectivity index (χ1v) is 5.77. The van der Waals surface area contributed by atoms with Crippen molar-refractivity contribution in [2.24, 2.45) is 5.92 Å². The third-order valence-corrected chi connectivity index (χ3v) is 2.99. The molecule has 0 radical (unpaired) electrons. The van der Waals surface area contributed by atoms with Gasteiger partial charge < -0.3 is 5.32 Å². The van der Waals surface area contributed by atoms with Gasteiger partial charge in [0.25, 0.3) is 0 Å². The zero-order valence-electron chi connectivity index (χ0n) is 8.94. The predicted molar refractivity (Wildman–Crippen MR) is 58.6 cm³/mol. The Kier molecular flexibility index (Phi) is 4.95. The minimum Gasteiger partial charge on any atom is -0.389 e. The molecule has 1 aliphatic heterocycles. The molecule has 0 saturated carbocycles. The highest BCUT2D eigenvalue weighted by Gasteiger charge is 2.17. The first-order chi connectivity index (χ1) is 6.34. The van der Waals surface area contributed by atoms with Crippen molar-refractivity contribution >= 4 is 0 Å². The van der Waals surface area contributed by atoms with Crippen LogP contribution in [0.4, 0.5) is 0 Å². The van der Waals surface area contributed by atoms with E-state index in [1.165, 1.54) is 50.6 Å². The van der Waals surface area contributed by atoms with Crippen LogP contribution in [0.1, 0.15) is 51.9 Å². The number of nitrogens with one attached hydrogen (secondary N) is 1. The molecule has 13 heavy (non-hydrogen) atoms. The highest BCUT2D eigenvalue weighted by molar-refractivity contribution is 5.03. The summed E-state index contributed by atoms with van der Waals surface area (Å²) in [6, 6.07) is 0. The van der Waals surface area contributed by atoms with Crippen LogP contribution in [-0.4, -0.2) is 6.54 Å². The van der Waals surface area contributed by atoms with Crippen LogP contribution in [0.5, 0.6) is 0 Å². The van der Waals surface area contributed by atoms with Crippen molar-refractivity contribution in [2.75, 3.05) is 6.54 Å². The maximum absolute atomic E-state index is 4.04. The molecule has 1 fully saturated rings. The van der Waals surface area contributed by atoms with E-state index in [0.29, 0.717) is 0 Å². The van der Waals surface area contributed by atoms with Gasteiger partial charge in [0.15, 0.2) is 0 Å². The lowest BCUT2D eigenvalue weighted by Gasteiger charge is -2.09. The highest BCUT2D eigenvalue weighted by atomic mass is 14.9. The van der Waals surface area contributed by atoms with E-state index in [2.05, 4.69) is 18.8 Å². The minimum atomic E-state index is 0.779. The van der Waals surface area contributed by atoms with Crippen molar-refractivity contribution in [3.05, 3.63) is 12.3 Å². The van der Waals surface area contributed by atoms with Crippen LogP contribution in [0.3, 0.4) is 0 Å². The van der Waals surface area contributed by atoms with Crippen molar-refractivity contribution in [1.29, 1.82) is 0 Å². The summed E-state index contributed by atoms with van der Waals surface area (Å²) in [5.41, 5.74) is 1.29. The van der Waals surface area contributed by atoms with E-state index in [1.807, 2.05) is 0 Å². The van der Waals surface area contributed by atoms with E-state index in [9.17, 15) is 0 Å². The SMILES string of the molecule is C=C1NCCC1CCCCCCC. The van der Waals surface area contributed by atoms with Crippen LogP contribution >= 0.6 is 0 Å². The van der Waals surface area contributed by atoms with Gasteiger partial charge in [0.1, 0.15) is 0 Å². The summed E-state index contributed by atoms with van der Waals surface area (Å²) in [7, 11) is 0. The standard InChI is InChI=1S/C12H23N/c1-3-4-5-6-7-8-12-9-10-13-11(12)2/h12-13H,2-10H2,1H3. The van der Waals surface area contributed by atoms with Crippen LogP contribution < -0.4 is 5.32 Å². The van der Waals surface area contributed by atoms with Crippen LogP contribution in [0.2, 0.25) is 0 Å². The number of unbranched alkanes of at least 4 members (excludes halogenated alkanes) is 4. The van der Waals surface area contributed by atoms with E-state index in [0.717, 1.165) is 12.5 Å². The largest absolute Gasteiger partial charge is 0.389 e. The lowest BCUT2D eigenvalue weighted by Crippen LogP contribution is -2.05. The Morgan fingerprint density at radius 2 is 2.08 bits per heavy atom. The fraction of sp³-hybridized carbons (Fsp3) is 0.833. The van der Waals surface area contributed by atoms with E-state index in [4.69, 9.17) is 0 Å². The number of allylic oxidation sites excluding steroid dienone is 1. The van der Waals surface area contributed by atoms with Crippen molar-refractivity contribution in [3.8, 4) is 0 Å². The van der Waals surface area contributed by atoms with Gasteiger partial charge in [-0.3, -0.25) is 0 Å². The summed E-state index contributed by atoms with van der Waals surface area (Å²) in [6.45, 7) is 7.46. The highest BCUT2D eigenvalue weighted by Crippen LogP contribution is 2.23. The Morgan fingerprint density at radius 3 is 2.69 bits per heavy atom. The quantitative estimate of drug-likeness (QED) is 0.619. The van der Waals surface area contributed by atoms with E-state index in [-0.39, 0.29) is 0 Å². The fourth-order valence-electron chi connectivity index (χ4n) is 2.04. The van der Waals surface area contributed by atoms with Gasteiger partial charge in [-0.25, -0.2) is 0 Å². The van der Waals surface area contributed by atoms with Gasteiger partial charge in [-0.15, -0.1) is 0 Å². The summed E-state index contributed by atoms with van der Waals surface area (Å²) in [6.07, 6.45) is 9.65. The van der Waals surface area contributed by atoms with E-state index >= 15 is 0 Å². The van der Waals surface area contributed by atoms with Gasteiger partial charge in [-0.1, -0.05) is 45.6 Å². The van der Waals surface area contributed by atoms with E-state index in [1.54, 1.807) is 0 Å². The van der Waals surface area contributed by atoms with Gasteiger partial charge in [0.2, 0.25) is 0 Å². The molecule has 0 aromatic rings. The van der Waals surface area contributed by atoms with Gasteiger partial charge in [0.05, 0.1) is 0 Å². The van der Waals surface area contributed by atoms with Gasteiger partial charge >= 0.3 is 0 Å². The number of hydrogen-bond donors (Lipinski definition) is 1. The van der Waals surface area contributed by atoms with Crippen molar-refractivity contribution in [3.63, 3.8) is 0 Å². The second-order valence-corrected chi connectivity index (χ2v) is 4.14. The molecule has 76 valence electrons. The average molecular weight is 181 g/mol. The molecular formula is C12H23N. The Morgan fingerprint density at radius 1 is 1.31 bits per heavy atom. The molecular weight excluding hydrogens is 158 g/mol. The Hall–Kier alpha value is -0.460. The van der Waals surface area contributed by atoms with Crippen LogP contribution in [-0.2, 0) is 0 Å². The maximum atomic E-state index is 4.04. The van der Waals surface area contributed by atoms with Crippen molar-refractivity contribution in [2.45, 2.75) is 51.9 Å². The third kappa shape index (κ3) is 3.84. The molecule has 0 aromatic carbocycles. The topological polar surface area (TPSA) is 12.0 Å². The normalized spacial score (nSPS) is 21.9. The molecule has 1 N–H and O–H groups in total. The van der Waals surface area contributed by atoms with Crippen LogP contribution in [0.15, 0.2) is 12.3 Å². The monoisotopic (exact) mass is 181 g/mol. The Bertz CT molecular complexity index is 151. The number of hydrogen-bond acceptors (Lipinski definition) is 1. The maximum Gasteiger partial charge on any atom is 0.0150 e. The van der Waals surface area contributed by atoms with Gasteiger partial charge in [-0.2, -0.15) is 0 Å². The summed E-state index contributed by atoms with van der Waals surface area (Å²) in [4.78, 5) is 0. The van der Waals surface area contributed by atoms with Crippen molar-refractivity contribution in [1.82, 2.24) is 5.32 Å². The molecule has 0 bridgehead atoms. The molecule has 1 nitrogen and oxygen atoms in total. The molecule has 1 aliphatic rings. The summed E-state index contributed by atoms with van der Waals surface area (Å²) < 4.78 is 0. The first-order valence-electron chi connectivity index (χ1n) is 5.77. The smallest absolute Gasteiger partial charge is 0.0150 e. The predicted octanol–water partition coefficient (Wildman–Crippen LogP) is 3.47. The minimum absolute atomic E-state index is 0.779. The molecule has 1 saturated heterocycles. The van der Waals surface area contributed by atoms with Crippen LogP contribution in [0, 0.1) is 5.92 Å². The molecule has 1 atom stereocenters. The molecule has 0 aliphatic carbocycles. The van der Waals surface area contributed by atoms with Gasteiger partial charge in [-0.05, 0) is 18.8 Å². The summed E-state index contributed by atoms with van der Waals surface area (Å²) in [5, 5.41) is 3.33. The fourth-order valence-corrected chi connectivity index (χ4v) is 2.04. The Labute approximate surface area is 82.6 Å². The molecule has 0 amide bonds. The first kappa shape index (κ1) is 10.6. The lowest BCUT2D eigenvalue weighted by atomic mass is 9.98. The lowest BCUT2D eigenvalue weighted by molar-refractivity contribution is 0.518. The summed E-state index contributed by atoms with van der Waals surface area (Å²) in [5.74, 6) is 0.779. The summed E-state index contributed by atoms with van der Waals surface area (Å²) >= 11 is 0. The Balaban J connectivity index is 1.96. The zero-order chi connectivity index (χ0) is 9.52. The molecule has 0 spiro atoms.